The first kappa shape index (κ1) is 15.2. The molecule has 1 N–H and O–H groups in total. The van der Waals surface area contributed by atoms with E-state index < -0.39 is 5.97 Å². The summed E-state index contributed by atoms with van der Waals surface area (Å²) in [5.74, 6) is -1.02. The van der Waals surface area contributed by atoms with Crippen molar-refractivity contribution in [1.29, 1.82) is 5.26 Å². The third-order valence-corrected chi connectivity index (χ3v) is 3.07. The van der Waals surface area contributed by atoms with E-state index in [1.165, 1.54) is 6.08 Å². The molecule has 1 heterocycles. The molecule has 4 nitrogen and oxygen atoms in total. The molecule has 108 valence electrons. The van der Waals surface area contributed by atoms with Crippen LogP contribution < -0.4 is 0 Å². The number of hydrogen-bond donors (Lipinski definition) is 1. The number of nitriles is 1. The predicted molar refractivity (Wildman–Crippen MR) is 84.8 cm³/mol. The minimum Gasteiger partial charge on any atom is -0.478 e. The Morgan fingerprint density at radius 2 is 1.86 bits per heavy atom. The van der Waals surface area contributed by atoms with Crippen LogP contribution in [-0.4, -0.2) is 16.1 Å². The van der Waals surface area contributed by atoms with E-state index in [9.17, 15) is 9.90 Å². The van der Waals surface area contributed by atoms with Gasteiger partial charge in [0.15, 0.2) is 0 Å². The fraction of sp³-hybridized carbons (Fsp3) is 0.0556. The van der Waals surface area contributed by atoms with Crippen molar-refractivity contribution in [3.63, 3.8) is 0 Å². The van der Waals surface area contributed by atoms with Crippen LogP contribution in [0.1, 0.15) is 18.2 Å². The van der Waals surface area contributed by atoms with E-state index in [1.807, 2.05) is 25.1 Å². The van der Waals surface area contributed by atoms with E-state index in [4.69, 9.17) is 5.26 Å². The summed E-state index contributed by atoms with van der Waals surface area (Å²) in [6, 6.07) is 12.7. The van der Waals surface area contributed by atoms with Gasteiger partial charge in [0.2, 0.25) is 0 Å². The number of rotatable bonds is 4. The smallest absolute Gasteiger partial charge is 0.337 e. The van der Waals surface area contributed by atoms with Gasteiger partial charge in [-0.1, -0.05) is 30.4 Å². The van der Waals surface area contributed by atoms with E-state index in [1.54, 1.807) is 36.5 Å². The summed E-state index contributed by atoms with van der Waals surface area (Å²) in [6.07, 6.45) is 6.57. The van der Waals surface area contributed by atoms with Crippen molar-refractivity contribution in [2.45, 2.75) is 6.92 Å². The van der Waals surface area contributed by atoms with E-state index >= 15 is 0 Å². The molecule has 0 bridgehead atoms. The van der Waals surface area contributed by atoms with E-state index in [0.29, 0.717) is 11.3 Å². The maximum Gasteiger partial charge on any atom is 0.337 e. The van der Waals surface area contributed by atoms with E-state index in [0.717, 1.165) is 11.1 Å². The second-order valence-electron chi connectivity index (χ2n) is 4.53. The molecule has 0 fully saturated rings. The first-order chi connectivity index (χ1) is 10.7. The van der Waals surface area contributed by atoms with Gasteiger partial charge in [0, 0.05) is 11.8 Å². The van der Waals surface area contributed by atoms with Gasteiger partial charge in [-0.3, -0.25) is 4.98 Å². The lowest BCUT2D eigenvalue weighted by atomic mass is 10.0. The van der Waals surface area contributed by atoms with Crippen molar-refractivity contribution >= 4 is 11.5 Å². The van der Waals surface area contributed by atoms with Crippen LogP contribution in [-0.2, 0) is 4.79 Å². The molecule has 2 rings (SSSR count). The summed E-state index contributed by atoms with van der Waals surface area (Å²) in [5, 5.41) is 18.0. The maximum atomic E-state index is 11.3. The Kier molecular flexibility index (Phi) is 4.84. The number of allylic oxidation sites excluding steroid dienone is 3. The zero-order valence-electron chi connectivity index (χ0n) is 12.0. The zero-order valence-corrected chi connectivity index (χ0v) is 12.0. The van der Waals surface area contributed by atoms with Gasteiger partial charge < -0.3 is 5.11 Å². The number of carboxylic acid groups (broad SMARTS) is 1. The Morgan fingerprint density at radius 1 is 1.18 bits per heavy atom. The molecule has 0 amide bonds. The van der Waals surface area contributed by atoms with Crippen molar-refractivity contribution in [1.82, 2.24) is 4.98 Å². The summed E-state index contributed by atoms with van der Waals surface area (Å²) in [7, 11) is 0. The molecule has 1 aromatic heterocycles. The molecular formula is C18H14N2O2. The quantitative estimate of drug-likeness (QED) is 0.688. The highest BCUT2D eigenvalue weighted by atomic mass is 16.4. The van der Waals surface area contributed by atoms with Gasteiger partial charge in [0.25, 0.3) is 0 Å². The highest BCUT2D eigenvalue weighted by Gasteiger charge is 2.11. The monoisotopic (exact) mass is 290 g/mol. The van der Waals surface area contributed by atoms with Crippen LogP contribution in [0.3, 0.4) is 0 Å². The topological polar surface area (TPSA) is 74.0 Å². The van der Waals surface area contributed by atoms with Crippen molar-refractivity contribution in [3.05, 3.63) is 72.1 Å². The Morgan fingerprint density at radius 3 is 2.36 bits per heavy atom. The number of aliphatic carboxylic acids is 1. The van der Waals surface area contributed by atoms with Crippen LogP contribution in [0, 0.1) is 11.3 Å². The van der Waals surface area contributed by atoms with Crippen molar-refractivity contribution in [2.24, 2.45) is 0 Å². The fourth-order valence-electron chi connectivity index (χ4n) is 1.92. The highest BCUT2D eigenvalue weighted by molar-refractivity contribution is 6.15. The van der Waals surface area contributed by atoms with Gasteiger partial charge in [-0.05, 0) is 36.8 Å². The average molecular weight is 290 g/mol. The van der Waals surface area contributed by atoms with Gasteiger partial charge in [-0.25, -0.2) is 4.79 Å². The standard InChI is InChI=1S/C18H14N2O2/c1-2-3-4-16(18(21)22)17-10-9-15(12-20-17)14-7-5-13(11-19)6-8-14/h2-10,12H,1H3,(H,21,22)/b3-2+,16-4+. The van der Waals surface area contributed by atoms with Crippen LogP contribution in [0.25, 0.3) is 16.7 Å². The largest absolute Gasteiger partial charge is 0.478 e. The normalized spacial score (nSPS) is 11.4. The van der Waals surface area contributed by atoms with E-state index in [-0.39, 0.29) is 5.57 Å². The molecule has 0 radical (unpaired) electrons. The van der Waals surface area contributed by atoms with Crippen molar-refractivity contribution in [2.75, 3.05) is 0 Å². The van der Waals surface area contributed by atoms with Gasteiger partial charge in [-0.15, -0.1) is 0 Å². The zero-order chi connectivity index (χ0) is 15.9. The van der Waals surface area contributed by atoms with Gasteiger partial charge in [-0.2, -0.15) is 5.26 Å². The second-order valence-corrected chi connectivity index (χ2v) is 4.53. The van der Waals surface area contributed by atoms with Gasteiger partial charge >= 0.3 is 5.97 Å². The molecule has 0 spiro atoms. The third-order valence-electron chi connectivity index (χ3n) is 3.07. The summed E-state index contributed by atoms with van der Waals surface area (Å²) < 4.78 is 0. The van der Waals surface area contributed by atoms with Crippen LogP contribution in [0.15, 0.2) is 60.8 Å². The number of carbonyl (C=O) groups is 1. The lowest BCUT2D eigenvalue weighted by Gasteiger charge is -2.04. The maximum absolute atomic E-state index is 11.3. The van der Waals surface area contributed by atoms with Gasteiger partial charge in [0.05, 0.1) is 22.9 Å². The minimum absolute atomic E-state index is 0.143. The van der Waals surface area contributed by atoms with E-state index in [2.05, 4.69) is 11.1 Å². The SMILES string of the molecule is C/C=C/C=C(/C(=O)O)c1ccc(-c2ccc(C#N)cc2)cn1. The number of benzene rings is 1. The number of nitrogens with zero attached hydrogens (tertiary/aromatic N) is 2. The fourth-order valence-corrected chi connectivity index (χ4v) is 1.92. The molecule has 4 heteroatoms. The minimum atomic E-state index is -1.02. The first-order valence-corrected chi connectivity index (χ1v) is 6.69. The Balaban J connectivity index is 2.33. The van der Waals surface area contributed by atoms with Crippen LogP contribution in [0.5, 0.6) is 0 Å². The molecule has 22 heavy (non-hydrogen) atoms. The molecule has 0 unspecified atom stereocenters. The molecule has 0 saturated heterocycles. The average Bonchev–Trinajstić information content (AvgIpc) is 2.55. The summed E-state index contributed by atoms with van der Waals surface area (Å²) in [5.41, 5.74) is 2.93. The van der Waals surface area contributed by atoms with Crippen LogP contribution in [0.2, 0.25) is 0 Å². The molecule has 0 aliphatic carbocycles. The Labute approximate surface area is 128 Å². The Bertz CT molecular complexity index is 764. The molecule has 1 aromatic carbocycles. The third kappa shape index (κ3) is 3.47. The van der Waals surface area contributed by atoms with Crippen molar-refractivity contribution < 1.29 is 9.90 Å². The number of pyridine rings is 1. The van der Waals surface area contributed by atoms with Crippen LogP contribution in [0.4, 0.5) is 0 Å². The molecule has 0 atom stereocenters. The molecule has 0 aliphatic heterocycles. The summed E-state index contributed by atoms with van der Waals surface area (Å²) >= 11 is 0. The Hall–Kier alpha value is -3.19. The highest BCUT2D eigenvalue weighted by Crippen LogP contribution is 2.21. The summed E-state index contributed by atoms with van der Waals surface area (Å²) in [6.45, 7) is 1.82. The molecular weight excluding hydrogens is 276 g/mol. The molecule has 2 aromatic rings. The lowest BCUT2D eigenvalue weighted by Crippen LogP contribution is -2.01. The number of aromatic nitrogens is 1. The summed E-state index contributed by atoms with van der Waals surface area (Å²) in [4.78, 5) is 15.5. The number of carboxylic acids is 1. The second kappa shape index (κ2) is 7.00. The molecule has 0 saturated carbocycles. The molecule has 0 aliphatic rings. The van der Waals surface area contributed by atoms with Crippen molar-refractivity contribution in [3.8, 4) is 17.2 Å². The van der Waals surface area contributed by atoms with Gasteiger partial charge in [0.1, 0.15) is 0 Å². The lowest BCUT2D eigenvalue weighted by molar-refractivity contribution is -0.130. The first-order valence-electron chi connectivity index (χ1n) is 6.69. The number of hydrogen-bond acceptors (Lipinski definition) is 3. The van der Waals surface area contributed by atoms with Crippen LogP contribution >= 0.6 is 0 Å². The predicted octanol–water partition coefficient (Wildman–Crippen LogP) is 3.66.